The Bertz CT molecular complexity index is 382. The molecule has 3 unspecified atom stereocenters. The number of hydrogen-bond acceptors (Lipinski definition) is 3. The highest BCUT2D eigenvalue weighted by Gasteiger charge is 2.52. The number of hydrogen-bond donors (Lipinski definition) is 1. The third-order valence-electron chi connectivity index (χ3n) is 4.57. The van der Waals surface area contributed by atoms with E-state index in [1.807, 2.05) is 21.6 Å². The van der Waals surface area contributed by atoms with Crippen molar-refractivity contribution in [2.24, 2.45) is 5.92 Å². The summed E-state index contributed by atoms with van der Waals surface area (Å²) in [5, 5.41) is 9.24. The van der Waals surface area contributed by atoms with Gasteiger partial charge in [0.2, 0.25) is 0 Å². The molecule has 0 spiro atoms. The largest absolute Gasteiger partial charge is 0.481 e. The molecular formula is C13H20N2O3S. The number of fused-ring (bicyclic) bond motifs is 2. The van der Waals surface area contributed by atoms with Crippen molar-refractivity contribution in [1.82, 2.24) is 9.80 Å². The fraction of sp³-hybridized carbons (Fsp3) is 0.846. The molecule has 0 aromatic carbocycles. The Balaban J connectivity index is 1.71. The third-order valence-corrected chi connectivity index (χ3v) is 5.62. The van der Waals surface area contributed by atoms with Crippen LogP contribution in [0, 0.1) is 5.92 Å². The zero-order chi connectivity index (χ0) is 13.4. The predicted octanol–water partition coefficient (Wildman–Crippen LogP) is 1.48. The van der Waals surface area contributed by atoms with E-state index in [4.69, 9.17) is 0 Å². The Kier molecular flexibility index (Phi) is 3.60. The highest BCUT2D eigenvalue weighted by atomic mass is 32.2. The molecule has 0 saturated carbocycles. The molecule has 6 heteroatoms. The minimum Gasteiger partial charge on any atom is -0.481 e. The first-order valence-corrected chi connectivity index (χ1v) is 8.21. The fourth-order valence-corrected chi connectivity index (χ4v) is 4.54. The van der Waals surface area contributed by atoms with Gasteiger partial charge >= 0.3 is 12.0 Å². The molecule has 3 heterocycles. The lowest BCUT2D eigenvalue weighted by Gasteiger charge is -2.30. The van der Waals surface area contributed by atoms with E-state index in [2.05, 4.69) is 0 Å². The van der Waals surface area contributed by atoms with E-state index in [0.717, 1.165) is 43.9 Å². The maximum Gasteiger partial charge on any atom is 0.320 e. The van der Waals surface area contributed by atoms with Crippen LogP contribution < -0.4 is 0 Å². The SMILES string of the molecule is O=C(O)C1CC2CCC1N2C(=O)N1CCCSCC1. The summed E-state index contributed by atoms with van der Waals surface area (Å²) in [6.07, 6.45) is 3.52. The van der Waals surface area contributed by atoms with Crippen molar-refractivity contribution >= 4 is 23.8 Å². The van der Waals surface area contributed by atoms with E-state index in [9.17, 15) is 14.7 Å². The van der Waals surface area contributed by atoms with Gasteiger partial charge in [-0.1, -0.05) is 0 Å². The molecule has 0 aliphatic carbocycles. The summed E-state index contributed by atoms with van der Waals surface area (Å²) in [7, 11) is 0. The molecule has 1 N–H and O–H groups in total. The number of carbonyl (C=O) groups excluding carboxylic acids is 1. The lowest BCUT2D eigenvalue weighted by molar-refractivity contribution is -0.142. The van der Waals surface area contributed by atoms with Gasteiger partial charge in [-0.2, -0.15) is 11.8 Å². The second kappa shape index (κ2) is 5.23. The van der Waals surface area contributed by atoms with Crippen molar-refractivity contribution in [1.29, 1.82) is 0 Å². The summed E-state index contributed by atoms with van der Waals surface area (Å²) in [6, 6.07) is 0.180. The third kappa shape index (κ3) is 2.30. The van der Waals surface area contributed by atoms with Gasteiger partial charge < -0.3 is 14.9 Å². The van der Waals surface area contributed by atoms with Gasteiger partial charge in [-0.25, -0.2) is 4.79 Å². The van der Waals surface area contributed by atoms with E-state index in [1.165, 1.54) is 0 Å². The van der Waals surface area contributed by atoms with Crippen LogP contribution in [0.2, 0.25) is 0 Å². The number of urea groups is 1. The molecule has 3 aliphatic heterocycles. The van der Waals surface area contributed by atoms with Crippen molar-refractivity contribution in [2.75, 3.05) is 24.6 Å². The second-order valence-electron chi connectivity index (χ2n) is 5.62. The molecule has 3 saturated heterocycles. The molecule has 3 fully saturated rings. The summed E-state index contributed by atoms with van der Waals surface area (Å²) in [5.74, 6) is 1.03. The fourth-order valence-electron chi connectivity index (χ4n) is 3.65. The van der Waals surface area contributed by atoms with Crippen LogP contribution in [0.1, 0.15) is 25.7 Å². The van der Waals surface area contributed by atoms with Crippen LogP contribution in [0.5, 0.6) is 0 Å². The zero-order valence-electron chi connectivity index (χ0n) is 11.0. The monoisotopic (exact) mass is 284 g/mol. The number of nitrogens with zero attached hydrogens (tertiary/aromatic N) is 2. The number of aliphatic carboxylic acids is 1. The van der Waals surface area contributed by atoms with Crippen LogP contribution in [0.15, 0.2) is 0 Å². The number of carboxylic acids is 1. The first-order chi connectivity index (χ1) is 9.18. The van der Waals surface area contributed by atoms with Gasteiger partial charge in [0.25, 0.3) is 0 Å². The quantitative estimate of drug-likeness (QED) is 0.792. The summed E-state index contributed by atoms with van der Waals surface area (Å²) >= 11 is 1.90. The average Bonchev–Trinajstić information content (AvgIpc) is 2.84. The van der Waals surface area contributed by atoms with Crippen molar-refractivity contribution in [3.05, 3.63) is 0 Å². The van der Waals surface area contributed by atoms with Gasteiger partial charge in [0.15, 0.2) is 0 Å². The van der Waals surface area contributed by atoms with Crippen molar-refractivity contribution in [3.8, 4) is 0 Å². The second-order valence-corrected chi connectivity index (χ2v) is 6.85. The van der Waals surface area contributed by atoms with Gasteiger partial charge in [0.05, 0.1) is 5.92 Å². The van der Waals surface area contributed by atoms with Crippen LogP contribution in [0.4, 0.5) is 4.79 Å². The molecule has 3 aliphatic rings. The van der Waals surface area contributed by atoms with Gasteiger partial charge in [-0.05, 0) is 31.4 Å². The lowest BCUT2D eigenvalue weighted by Crippen LogP contribution is -2.47. The maximum absolute atomic E-state index is 12.6. The first kappa shape index (κ1) is 13.1. The summed E-state index contributed by atoms with van der Waals surface area (Å²) < 4.78 is 0. The Labute approximate surface area is 117 Å². The Morgan fingerprint density at radius 3 is 2.74 bits per heavy atom. The Morgan fingerprint density at radius 1 is 1.16 bits per heavy atom. The molecule has 2 bridgehead atoms. The van der Waals surface area contributed by atoms with Gasteiger partial charge in [-0.15, -0.1) is 0 Å². The predicted molar refractivity (Wildman–Crippen MR) is 73.3 cm³/mol. The van der Waals surface area contributed by atoms with Crippen molar-refractivity contribution in [2.45, 2.75) is 37.8 Å². The molecule has 0 aromatic rings. The van der Waals surface area contributed by atoms with Crippen LogP contribution in [-0.2, 0) is 4.79 Å². The summed E-state index contributed by atoms with van der Waals surface area (Å²) in [4.78, 5) is 27.7. The summed E-state index contributed by atoms with van der Waals surface area (Å²) in [6.45, 7) is 1.62. The molecule has 2 amide bonds. The molecule has 19 heavy (non-hydrogen) atoms. The molecule has 0 radical (unpaired) electrons. The Hall–Kier alpha value is -0.910. The standard InChI is InChI=1S/C13H20N2O3S/c16-12(17)10-8-9-2-3-11(10)15(9)13(18)14-4-1-6-19-7-5-14/h9-11H,1-8H2,(H,16,17). The van der Waals surface area contributed by atoms with Crippen LogP contribution in [0.25, 0.3) is 0 Å². The van der Waals surface area contributed by atoms with E-state index >= 15 is 0 Å². The van der Waals surface area contributed by atoms with Crippen LogP contribution in [0.3, 0.4) is 0 Å². The molecular weight excluding hydrogens is 264 g/mol. The van der Waals surface area contributed by atoms with Crippen molar-refractivity contribution in [3.63, 3.8) is 0 Å². The average molecular weight is 284 g/mol. The zero-order valence-corrected chi connectivity index (χ0v) is 11.8. The van der Waals surface area contributed by atoms with Crippen LogP contribution in [-0.4, -0.2) is 63.6 Å². The molecule has 3 rings (SSSR count). The van der Waals surface area contributed by atoms with E-state index in [1.54, 1.807) is 0 Å². The number of rotatable bonds is 1. The van der Waals surface area contributed by atoms with Crippen LogP contribution >= 0.6 is 11.8 Å². The number of carbonyl (C=O) groups is 2. The van der Waals surface area contributed by atoms with Gasteiger partial charge in [0.1, 0.15) is 0 Å². The summed E-state index contributed by atoms with van der Waals surface area (Å²) in [5.41, 5.74) is 0. The molecule has 5 nitrogen and oxygen atoms in total. The number of amides is 2. The lowest BCUT2D eigenvalue weighted by atomic mass is 9.89. The van der Waals surface area contributed by atoms with Gasteiger partial charge in [0, 0.05) is 30.9 Å². The minimum absolute atomic E-state index is 0.0640. The number of thioether (sulfide) groups is 1. The molecule has 106 valence electrons. The Morgan fingerprint density at radius 2 is 2.00 bits per heavy atom. The normalized spacial score (nSPS) is 34.4. The first-order valence-electron chi connectivity index (χ1n) is 7.06. The van der Waals surface area contributed by atoms with E-state index in [-0.39, 0.29) is 24.0 Å². The smallest absolute Gasteiger partial charge is 0.320 e. The number of carboxylic acid groups (broad SMARTS) is 1. The minimum atomic E-state index is -0.739. The van der Waals surface area contributed by atoms with Crippen molar-refractivity contribution < 1.29 is 14.7 Å². The molecule has 0 aromatic heterocycles. The maximum atomic E-state index is 12.6. The molecule has 3 atom stereocenters. The van der Waals surface area contributed by atoms with E-state index < -0.39 is 5.97 Å². The highest BCUT2D eigenvalue weighted by molar-refractivity contribution is 7.99. The highest BCUT2D eigenvalue weighted by Crippen LogP contribution is 2.42. The topological polar surface area (TPSA) is 60.9 Å². The van der Waals surface area contributed by atoms with E-state index in [0.29, 0.717) is 6.42 Å². The van der Waals surface area contributed by atoms with Gasteiger partial charge in [-0.3, -0.25) is 4.79 Å².